The number of aromatic nitrogens is 2. The number of nitrogens with one attached hydrogen (secondary N) is 1. The summed E-state index contributed by atoms with van der Waals surface area (Å²) < 4.78 is 13.6. The third-order valence-electron chi connectivity index (χ3n) is 3.73. The number of hydrogen-bond acceptors (Lipinski definition) is 5. The summed E-state index contributed by atoms with van der Waals surface area (Å²) in [7, 11) is 3.41. The molecule has 2 aromatic rings. The quantitative estimate of drug-likeness (QED) is 0.919. The van der Waals surface area contributed by atoms with Gasteiger partial charge in [-0.05, 0) is 18.2 Å². The van der Waals surface area contributed by atoms with Gasteiger partial charge in [-0.1, -0.05) is 17.7 Å². The lowest BCUT2D eigenvalue weighted by Crippen LogP contribution is -2.28. The Labute approximate surface area is 144 Å². The van der Waals surface area contributed by atoms with Gasteiger partial charge in [0, 0.05) is 37.8 Å². The second-order valence-corrected chi connectivity index (χ2v) is 6.23. The van der Waals surface area contributed by atoms with E-state index in [2.05, 4.69) is 15.3 Å². The summed E-state index contributed by atoms with van der Waals surface area (Å²) in [6.07, 6.45) is 1.43. The Morgan fingerprint density at radius 1 is 1.42 bits per heavy atom. The zero-order chi connectivity index (χ0) is 17.3. The van der Waals surface area contributed by atoms with E-state index in [1.165, 1.54) is 0 Å². The molecule has 0 radical (unpaired) electrons. The molecule has 1 aliphatic rings. The fourth-order valence-corrected chi connectivity index (χ4v) is 2.81. The first kappa shape index (κ1) is 16.4. The van der Waals surface area contributed by atoms with Crippen molar-refractivity contribution in [2.75, 3.05) is 35.8 Å². The Morgan fingerprint density at radius 3 is 2.92 bits per heavy atom. The summed E-state index contributed by atoms with van der Waals surface area (Å²) in [4.78, 5) is 23.6. The lowest BCUT2D eigenvalue weighted by molar-refractivity contribution is -0.117. The Bertz CT molecular complexity index is 770. The maximum atomic E-state index is 13.6. The number of rotatable bonds is 4. The molecule has 1 aliphatic heterocycles. The van der Waals surface area contributed by atoms with Gasteiger partial charge in [-0.2, -0.15) is 4.98 Å². The normalized spacial score (nSPS) is 17.2. The second kappa shape index (κ2) is 6.60. The highest BCUT2D eigenvalue weighted by molar-refractivity contribution is 6.30. The Kier molecular flexibility index (Phi) is 4.53. The van der Waals surface area contributed by atoms with E-state index in [-0.39, 0.29) is 17.8 Å². The molecule has 24 heavy (non-hydrogen) atoms. The second-order valence-electron chi connectivity index (χ2n) is 5.79. The van der Waals surface area contributed by atoms with Crippen LogP contribution < -0.4 is 15.1 Å². The van der Waals surface area contributed by atoms with Gasteiger partial charge in [0.2, 0.25) is 11.9 Å². The van der Waals surface area contributed by atoms with Crippen molar-refractivity contribution in [3.05, 3.63) is 41.3 Å². The number of halogens is 2. The Hall–Kier alpha value is -2.41. The summed E-state index contributed by atoms with van der Waals surface area (Å²) in [6, 6.07) is 7.00. The molecule has 126 valence electrons. The van der Waals surface area contributed by atoms with Gasteiger partial charge in [-0.25, -0.2) is 9.37 Å². The molecule has 0 aliphatic carbocycles. The van der Waals surface area contributed by atoms with Crippen LogP contribution in [-0.4, -0.2) is 42.6 Å². The number of benzene rings is 1. The SMILES string of the molecule is CN(C)c1nc(NC2CC(=O)N(c3cccc(Cl)c3)C2)ncc1F. The molecule has 1 fully saturated rings. The van der Waals surface area contributed by atoms with Gasteiger partial charge >= 0.3 is 0 Å². The molecule has 1 saturated heterocycles. The maximum absolute atomic E-state index is 13.6. The molecule has 1 atom stereocenters. The summed E-state index contributed by atoms with van der Waals surface area (Å²) in [5.74, 6) is -0.00678. The van der Waals surface area contributed by atoms with Crippen LogP contribution in [0.4, 0.5) is 21.8 Å². The van der Waals surface area contributed by atoms with Crippen LogP contribution in [0.15, 0.2) is 30.5 Å². The summed E-state index contributed by atoms with van der Waals surface area (Å²) in [6.45, 7) is 0.469. The molecular weight excluding hydrogens is 333 g/mol. The first-order valence-corrected chi connectivity index (χ1v) is 7.84. The van der Waals surface area contributed by atoms with E-state index in [1.807, 2.05) is 6.07 Å². The minimum absolute atomic E-state index is 0.00953. The molecule has 0 bridgehead atoms. The smallest absolute Gasteiger partial charge is 0.229 e. The van der Waals surface area contributed by atoms with E-state index < -0.39 is 5.82 Å². The topological polar surface area (TPSA) is 61.4 Å². The highest BCUT2D eigenvalue weighted by Crippen LogP contribution is 2.25. The fraction of sp³-hybridized carbons (Fsp3) is 0.312. The lowest BCUT2D eigenvalue weighted by atomic mass is 10.2. The highest BCUT2D eigenvalue weighted by atomic mass is 35.5. The number of anilines is 3. The van der Waals surface area contributed by atoms with Crippen LogP contribution in [0.2, 0.25) is 5.02 Å². The van der Waals surface area contributed by atoms with Crippen LogP contribution >= 0.6 is 11.6 Å². The molecule has 2 heterocycles. The van der Waals surface area contributed by atoms with Gasteiger partial charge < -0.3 is 15.1 Å². The van der Waals surface area contributed by atoms with E-state index in [4.69, 9.17) is 11.6 Å². The Balaban J connectivity index is 1.74. The van der Waals surface area contributed by atoms with Gasteiger partial charge in [0.15, 0.2) is 11.6 Å². The van der Waals surface area contributed by atoms with Crippen LogP contribution in [0, 0.1) is 5.82 Å². The van der Waals surface area contributed by atoms with Gasteiger partial charge in [-0.15, -0.1) is 0 Å². The van der Waals surface area contributed by atoms with Gasteiger partial charge in [0.1, 0.15) is 0 Å². The molecule has 1 N–H and O–H groups in total. The average molecular weight is 350 g/mol. The molecule has 1 amide bonds. The monoisotopic (exact) mass is 349 g/mol. The fourth-order valence-electron chi connectivity index (χ4n) is 2.62. The first-order chi connectivity index (χ1) is 11.4. The van der Waals surface area contributed by atoms with E-state index in [0.29, 0.717) is 23.9 Å². The Morgan fingerprint density at radius 2 is 2.21 bits per heavy atom. The number of amides is 1. The standard InChI is InChI=1S/C16H17ClFN5O/c1-22(2)15-13(18)8-19-16(21-15)20-11-7-14(24)23(9-11)12-5-3-4-10(17)6-12/h3-6,8,11H,7,9H2,1-2H3,(H,19,20,21). The molecule has 8 heteroatoms. The van der Waals surface area contributed by atoms with Crippen molar-refractivity contribution in [1.82, 2.24) is 9.97 Å². The number of hydrogen-bond donors (Lipinski definition) is 1. The summed E-state index contributed by atoms with van der Waals surface area (Å²) >= 11 is 5.99. The molecule has 3 rings (SSSR count). The number of nitrogens with zero attached hydrogens (tertiary/aromatic N) is 4. The third-order valence-corrected chi connectivity index (χ3v) is 3.96. The highest BCUT2D eigenvalue weighted by Gasteiger charge is 2.31. The van der Waals surface area contributed by atoms with Crippen molar-refractivity contribution in [2.24, 2.45) is 0 Å². The van der Waals surface area contributed by atoms with Crippen molar-refractivity contribution in [3.8, 4) is 0 Å². The largest absolute Gasteiger partial charge is 0.360 e. The average Bonchev–Trinajstić information content (AvgIpc) is 2.89. The molecule has 0 spiro atoms. The van der Waals surface area contributed by atoms with E-state index in [9.17, 15) is 9.18 Å². The predicted molar refractivity (Wildman–Crippen MR) is 92.1 cm³/mol. The minimum atomic E-state index is -0.492. The zero-order valence-corrected chi connectivity index (χ0v) is 14.1. The van der Waals surface area contributed by atoms with Crippen LogP contribution in [0.3, 0.4) is 0 Å². The summed E-state index contributed by atoms with van der Waals surface area (Å²) in [5, 5.41) is 3.68. The van der Waals surface area contributed by atoms with Crippen molar-refractivity contribution in [3.63, 3.8) is 0 Å². The van der Waals surface area contributed by atoms with Crippen molar-refractivity contribution in [1.29, 1.82) is 0 Å². The first-order valence-electron chi connectivity index (χ1n) is 7.46. The van der Waals surface area contributed by atoms with Crippen LogP contribution in [-0.2, 0) is 4.79 Å². The number of carbonyl (C=O) groups excluding carboxylic acids is 1. The van der Waals surface area contributed by atoms with E-state index in [0.717, 1.165) is 11.9 Å². The number of carbonyl (C=O) groups is 1. The molecular formula is C16H17ClFN5O. The molecule has 0 saturated carbocycles. The van der Waals surface area contributed by atoms with Crippen LogP contribution in [0.1, 0.15) is 6.42 Å². The predicted octanol–water partition coefficient (Wildman–Crippen LogP) is 2.55. The maximum Gasteiger partial charge on any atom is 0.229 e. The van der Waals surface area contributed by atoms with E-state index >= 15 is 0 Å². The molecule has 1 unspecified atom stereocenters. The van der Waals surface area contributed by atoms with Crippen molar-refractivity contribution >= 4 is 35.0 Å². The van der Waals surface area contributed by atoms with Gasteiger partial charge in [-0.3, -0.25) is 4.79 Å². The van der Waals surface area contributed by atoms with Crippen molar-refractivity contribution < 1.29 is 9.18 Å². The third kappa shape index (κ3) is 3.41. The minimum Gasteiger partial charge on any atom is -0.360 e. The molecule has 6 nitrogen and oxygen atoms in total. The van der Waals surface area contributed by atoms with Crippen LogP contribution in [0.25, 0.3) is 0 Å². The van der Waals surface area contributed by atoms with Gasteiger partial charge in [0.05, 0.1) is 12.2 Å². The van der Waals surface area contributed by atoms with Gasteiger partial charge in [0.25, 0.3) is 0 Å². The van der Waals surface area contributed by atoms with Crippen LogP contribution in [0.5, 0.6) is 0 Å². The van der Waals surface area contributed by atoms with E-state index in [1.54, 1.807) is 42.1 Å². The zero-order valence-electron chi connectivity index (χ0n) is 13.3. The summed E-state index contributed by atoms with van der Waals surface area (Å²) in [5.41, 5.74) is 0.755. The lowest BCUT2D eigenvalue weighted by Gasteiger charge is -2.18. The van der Waals surface area contributed by atoms with Crippen molar-refractivity contribution in [2.45, 2.75) is 12.5 Å². The molecule has 1 aromatic heterocycles. The molecule has 1 aromatic carbocycles.